The minimum atomic E-state index is -1.20. The fourth-order valence-electron chi connectivity index (χ4n) is 2.99. The third-order valence-electron chi connectivity index (χ3n) is 4.42. The third kappa shape index (κ3) is 9.12. The standard InChI is InChI=1S/C21H38N2O5Si/c1-21(2,3)28-20(26)23-17(11-10-12-18(23)24)19(25)22(14-15-27-4)13-8-9-16-29(5,6)7/h8-9,17H,10-16H2,1-7H3/b9-8+/t17-/m0/s1. The molecule has 0 spiro atoms. The third-order valence-corrected chi connectivity index (χ3v) is 5.88. The van der Waals surface area contributed by atoms with E-state index in [-0.39, 0.29) is 18.2 Å². The van der Waals surface area contributed by atoms with Gasteiger partial charge in [0.25, 0.3) is 0 Å². The van der Waals surface area contributed by atoms with Crippen LogP contribution < -0.4 is 0 Å². The molecule has 7 nitrogen and oxygen atoms in total. The molecule has 0 bridgehead atoms. The van der Waals surface area contributed by atoms with Gasteiger partial charge in [0.05, 0.1) is 6.61 Å². The largest absolute Gasteiger partial charge is 0.443 e. The highest BCUT2D eigenvalue weighted by atomic mass is 28.3. The summed E-state index contributed by atoms with van der Waals surface area (Å²) in [5, 5.41) is 0. The van der Waals surface area contributed by atoms with Gasteiger partial charge in [-0.05, 0) is 39.7 Å². The maximum Gasteiger partial charge on any atom is 0.417 e. The maximum atomic E-state index is 13.3. The van der Waals surface area contributed by atoms with Crippen molar-refractivity contribution in [3.8, 4) is 0 Å². The van der Waals surface area contributed by atoms with Gasteiger partial charge in [0.15, 0.2) is 0 Å². The van der Waals surface area contributed by atoms with Gasteiger partial charge in [0.1, 0.15) is 11.6 Å². The van der Waals surface area contributed by atoms with Crippen LogP contribution in [0.2, 0.25) is 25.7 Å². The smallest absolute Gasteiger partial charge is 0.417 e. The fourth-order valence-corrected chi connectivity index (χ4v) is 3.86. The number of hydrogen-bond acceptors (Lipinski definition) is 5. The van der Waals surface area contributed by atoms with E-state index < -0.39 is 25.8 Å². The molecule has 0 saturated carbocycles. The van der Waals surface area contributed by atoms with Gasteiger partial charge < -0.3 is 14.4 Å². The van der Waals surface area contributed by atoms with E-state index in [9.17, 15) is 14.4 Å². The number of carbonyl (C=O) groups excluding carboxylic acids is 3. The van der Waals surface area contributed by atoms with E-state index >= 15 is 0 Å². The van der Waals surface area contributed by atoms with Crippen molar-refractivity contribution in [2.45, 2.75) is 77.4 Å². The second kappa shape index (κ2) is 10.9. The molecule has 1 aliphatic rings. The molecular weight excluding hydrogens is 388 g/mol. The highest BCUT2D eigenvalue weighted by molar-refractivity contribution is 6.76. The van der Waals surface area contributed by atoms with E-state index in [1.165, 1.54) is 0 Å². The van der Waals surface area contributed by atoms with Crippen LogP contribution in [-0.2, 0) is 19.1 Å². The van der Waals surface area contributed by atoms with Crippen molar-refractivity contribution in [3.05, 3.63) is 12.2 Å². The first-order chi connectivity index (χ1) is 13.4. The van der Waals surface area contributed by atoms with Gasteiger partial charge in [-0.15, -0.1) is 0 Å². The number of rotatable bonds is 8. The molecule has 0 aliphatic carbocycles. The second-order valence-corrected chi connectivity index (χ2v) is 15.2. The van der Waals surface area contributed by atoms with Gasteiger partial charge >= 0.3 is 6.09 Å². The monoisotopic (exact) mass is 426 g/mol. The van der Waals surface area contributed by atoms with Crippen molar-refractivity contribution in [1.82, 2.24) is 9.80 Å². The van der Waals surface area contributed by atoms with Crippen LogP contribution in [0.5, 0.6) is 0 Å². The SMILES string of the molecule is COCCN(C/C=C/C[Si](C)(C)C)C(=O)[C@@H]1CCCC(=O)N1C(=O)OC(C)(C)C. The number of carbonyl (C=O) groups is 3. The van der Waals surface area contributed by atoms with Crippen LogP contribution in [0.15, 0.2) is 12.2 Å². The number of hydrogen-bond donors (Lipinski definition) is 0. The molecule has 0 aromatic heterocycles. The summed E-state index contributed by atoms with van der Waals surface area (Å²) in [7, 11) is 0.383. The average molecular weight is 427 g/mol. The van der Waals surface area contributed by atoms with Gasteiger partial charge in [-0.25, -0.2) is 9.69 Å². The molecule has 3 amide bonds. The molecule has 0 aromatic carbocycles. The normalized spacial score (nSPS) is 18.2. The molecule has 0 radical (unpaired) electrons. The Morgan fingerprint density at radius 1 is 1.24 bits per heavy atom. The highest BCUT2D eigenvalue weighted by Gasteiger charge is 2.41. The van der Waals surface area contributed by atoms with Crippen molar-refractivity contribution >= 4 is 26.0 Å². The quantitative estimate of drug-likeness (QED) is 0.437. The molecule has 8 heteroatoms. The van der Waals surface area contributed by atoms with Gasteiger partial charge in [0.2, 0.25) is 11.8 Å². The summed E-state index contributed by atoms with van der Waals surface area (Å²) in [5.41, 5.74) is -0.738. The summed E-state index contributed by atoms with van der Waals surface area (Å²) in [5.74, 6) is -0.594. The van der Waals surface area contributed by atoms with Crippen LogP contribution in [0.25, 0.3) is 0 Å². The van der Waals surface area contributed by atoms with Crippen LogP contribution in [-0.4, -0.2) is 74.2 Å². The van der Waals surface area contributed by atoms with E-state index in [4.69, 9.17) is 9.47 Å². The Morgan fingerprint density at radius 2 is 1.90 bits per heavy atom. The fraction of sp³-hybridized carbons (Fsp3) is 0.762. The van der Waals surface area contributed by atoms with Gasteiger partial charge in [0, 0.05) is 34.7 Å². The van der Waals surface area contributed by atoms with Gasteiger partial charge in [-0.3, -0.25) is 9.59 Å². The molecule has 1 rings (SSSR count). The lowest BCUT2D eigenvalue weighted by Gasteiger charge is -2.36. The van der Waals surface area contributed by atoms with Crippen LogP contribution in [0, 0.1) is 0 Å². The molecule has 1 heterocycles. The first-order valence-electron chi connectivity index (χ1n) is 10.3. The minimum absolute atomic E-state index is 0.237. The number of ether oxygens (including phenoxy) is 2. The summed E-state index contributed by atoms with van der Waals surface area (Å²) in [6, 6.07) is 0.207. The maximum absolute atomic E-state index is 13.3. The van der Waals surface area contributed by atoms with Crippen LogP contribution in [0.3, 0.4) is 0 Å². The summed E-state index contributed by atoms with van der Waals surface area (Å²) < 4.78 is 10.5. The van der Waals surface area contributed by atoms with Crippen molar-refractivity contribution in [1.29, 1.82) is 0 Å². The summed E-state index contributed by atoms with van der Waals surface area (Å²) >= 11 is 0. The van der Waals surface area contributed by atoms with E-state index in [1.807, 2.05) is 6.08 Å². The topological polar surface area (TPSA) is 76.2 Å². The lowest BCUT2D eigenvalue weighted by Crippen LogP contribution is -2.56. The Bertz CT molecular complexity index is 607. The zero-order valence-corrected chi connectivity index (χ0v) is 20.1. The van der Waals surface area contributed by atoms with Gasteiger partial charge in [-0.1, -0.05) is 31.8 Å². The van der Waals surface area contributed by atoms with Crippen LogP contribution >= 0.6 is 0 Å². The molecule has 166 valence electrons. The number of piperidine rings is 1. The lowest BCUT2D eigenvalue weighted by atomic mass is 10.0. The number of likely N-dealkylation sites (tertiary alicyclic amines) is 1. The molecule has 0 N–H and O–H groups in total. The molecule has 1 atom stereocenters. The molecule has 0 unspecified atom stereocenters. The molecular formula is C21H38N2O5Si. The predicted octanol–water partition coefficient (Wildman–Crippen LogP) is 3.67. The Hall–Kier alpha value is -1.67. The molecule has 29 heavy (non-hydrogen) atoms. The Labute approximate surface area is 176 Å². The molecule has 1 fully saturated rings. The highest BCUT2D eigenvalue weighted by Crippen LogP contribution is 2.23. The zero-order valence-electron chi connectivity index (χ0n) is 19.1. The molecule has 1 saturated heterocycles. The van der Waals surface area contributed by atoms with Crippen LogP contribution in [0.1, 0.15) is 40.0 Å². The van der Waals surface area contributed by atoms with Crippen molar-refractivity contribution in [2.24, 2.45) is 0 Å². The van der Waals surface area contributed by atoms with E-state index in [0.717, 1.165) is 10.9 Å². The van der Waals surface area contributed by atoms with Crippen molar-refractivity contribution < 1.29 is 23.9 Å². The van der Waals surface area contributed by atoms with E-state index in [1.54, 1.807) is 32.8 Å². The summed E-state index contributed by atoms with van der Waals surface area (Å²) in [4.78, 5) is 41.0. The number of allylic oxidation sites excluding steroid dienone is 1. The first kappa shape index (κ1) is 25.4. The molecule has 0 aromatic rings. The summed E-state index contributed by atoms with van der Waals surface area (Å²) in [6.07, 6.45) is 4.65. The van der Waals surface area contributed by atoms with E-state index in [2.05, 4.69) is 25.7 Å². The van der Waals surface area contributed by atoms with Crippen molar-refractivity contribution in [3.63, 3.8) is 0 Å². The Balaban J connectivity index is 2.97. The van der Waals surface area contributed by atoms with Crippen molar-refractivity contribution in [2.75, 3.05) is 26.8 Å². The van der Waals surface area contributed by atoms with Gasteiger partial charge in [-0.2, -0.15) is 0 Å². The number of nitrogens with zero attached hydrogens (tertiary/aromatic N) is 2. The first-order valence-corrected chi connectivity index (χ1v) is 14.0. The predicted molar refractivity (Wildman–Crippen MR) is 116 cm³/mol. The van der Waals surface area contributed by atoms with Crippen LogP contribution in [0.4, 0.5) is 4.79 Å². The zero-order chi connectivity index (χ0) is 22.2. The lowest BCUT2D eigenvalue weighted by molar-refractivity contribution is -0.147. The van der Waals surface area contributed by atoms with E-state index in [0.29, 0.717) is 32.5 Å². The minimum Gasteiger partial charge on any atom is -0.443 e. The Kier molecular flexibility index (Phi) is 9.55. The number of amides is 3. The average Bonchev–Trinajstić information content (AvgIpc) is 2.57. The number of imide groups is 1. The second-order valence-electron chi connectivity index (χ2n) is 9.67. The Morgan fingerprint density at radius 3 is 2.45 bits per heavy atom. The summed E-state index contributed by atoms with van der Waals surface area (Å²) in [6.45, 7) is 13.3. The number of methoxy groups -OCH3 is 1. The molecule has 1 aliphatic heterocycles.